The lowest BCUT2D eigenvalue weighted by molar-refractivity contribution is -0.126. The molecule has 114 valence electrons. The monoisotopic (exact) mass is 311 g/mol. The number of piperazine rings is 1. The van der Waals surface area contributed by atoms with Gasteiger partial charge in [-0.2, -0.15) is 0 Å². The van der Waals surface area contributed by atoms with Gasteiger partial charge >= 0.3 is 12.0 Å². The number of carbonyl (C=O) groups excluding carboxylic acids is 2. The first-order chi connectivity index (χ1) is 9.82. The van der Waals surface area contributed by atoms with E-state index in [1.807, 2.05) is 0 Å². The number of nitrogens with zero attached hydrogens (tertiary/aromatic N) is 1. The molecule has 1 aromatic heterocycles. The minimum atomic E-state index is -1.07. The number of amides is 3. The zero-order chi connectivity index (χ0) is 15.7. The Bertz CT molecular complexity index is 611. The number of carbonyl (C=O) groups is 3. The van der Waals surface area contributed by atoms with E-state index in [1.54, 1.807) is 20.8 Å². The molecule has 1 unspecified atom stereocenters. The van der Waals surface area contributed by atoms with Gasteiger partial charge in [0.05, 0.1) is 5.56 Å². The number of anilines is 1. The second-order valence-corrected chi connectivity index (χ2v) is 6.11. The fourth-order valence-electron chi connectivity index (χ4n) is 2.20. The highest BCUT2D eigenvalue weighted by Crippen LogP contribution is 2.32. The second-order valence-electron chi connectivity index (χ2n) is 4.88. The van der Waals surface area contributed by atoms with Crippen LogP contribution in [0.1, 0.15) is 27.7 Å². The molecule has 1 aliphatic heterocycles. The van der Waals surface area contributed by atoms with Crippen LogP contribution in [-0.4, -0.2) is 47.0 Å². The van der Waals surface area contributed by atoms with E-state index >= 15 is 0 Å². The van der Waals surface area contributed by atoms with E-state index in [0.717, 1.165) is 4.88 Å². The first kappa shape index (κ1) is 15.3. The molecule has 7 nitrogen and oxygen atoms in total. The van der Waals surface area contributed by atoms with Crippen molar-refractivity contribution in [1.82, 2.24) is 10.2 Å². The van der Waals surface area contributed by atoms with Crippen LogP contribution in [0.25, 0.3) is 0 Å². The summed E-state index contributed by atoms with van der Waals surface area (Å²) in [7, 11) is 0. The van der Waals surface area contributed by atoms with Crippen molar-refractivity contribution in [3.8, 4) is 0 Å². The van der Waals surface area contributed by atoms with Gasteiger partial charge in [0.2, 0.25) is 5.91 Å². The molecule has 3 N–H and O–H groups in total. The molecule has 0 aromatic carbocycles. The predicted molar refractivity (Wildman–Crippen MR) is 78.9 cm³/mol. The third-order valence-corrected chi connectivity index (χ3v) is 4.70. The molecule has 0 spiro atoms. The van der Waals surface area contributed by atoms with Crippen molar-refractivity contribution in [2.24, 2.45) is 0 Å². The number of rotatable bonds is 2. The molecular weight excluding hydrogens is 294 g/mol. The molecule has 1 fully saturated rings. The summed E-state index contributed by atoms with van der Waals surface area (Å²) in [4.78, 5) is 37.4. The van der Waals surface area contributed by atoms with Crippen molar-refractivity contribution in [3.05, 3.63) is 16.0 Å². The Balaban J connectivity index is 2.22. The van der Waals surface area contributed by atoms with Crippen molar-refractivity contribution in [3.63, 3.8) is 0 Å². The third-order valence-electron chi connectivity index (χ3n) is 3.58. The minimum absolute atomic E-state index is 0.111. The van der Waals surface area contributed by atoms with Crippen molar-refractivity contribution in [2.75, 3.05) is 18.4 Å². The van der Waals surface area contributed by atoms with Gasteiger partial charge in [-0.1, -0.05) is 0 Å². The molecule has 0 bridgehead atoms. The van der Waals surface area contributed by atoms with Gasteiger partial charge in [0.25, 0.3) is 0 Å². The van der Waals surface area contributed by atoms with E-state index in [0.29, 0.717) is 23.7 Å². The highest BCUT2D eigenvalue weighted by Gasteiger charge is 2.30. The fraction of sp³-hybridized carbons (Fsp3) is 0.462. The van der Waals surface area contributed by atoms with E-state index in [1.165, 1.54) is 16.2 Å². The van der Waals surface area contributed by atoms with Crippen LogP contribution in [-0.2, 0) is 4.79 Å². The van der Waals surface area contributed by atoms with E-state index in [9.17, 15) is 19.5 Å². The number of nitrogens with one attached hydrogen (secondary N) is 2. The largest absolute Gasteiger partial charge is 0.478 e. The van der Waals surface area contributed by atoms with Gasteiger partial charge in [-0.15, -0.1) is 11.3 Å². The molecule has 0 saturated carbocycles. The fourth-order valence-corrected chi connectivity index (χ4v) is 3.24. The Morgan fingerprint density at radius 2 is 2.10 bits per heavy atom. The number of hydrogen-bond acceptors (Lipinski definition) is 4. The molecule has 1 atom stereocenters. The first-order valence-corrected chi connectivity index (χ1v) is 7.33. The smallest absolute Gasteiger partial charge is 0.338 e. The zero-order valence-electron chi connectivity index (χ0n) is 12.0. The summed E-state index contributed by atoms with van der Waals surface area (Å²) in [5.41, 5.74) is 0.757. The molecular formula is C13H17N3O4S. The number of aromatic carboxylic acids is 1. The van der Waals surface area contributed by atoms with Gasteiger partial charge in [0, 0.05) is 18.0 Å². The molecule has 21 heavy (non-hydrogen) atoms. The number of aryl methyl sites for hydroxylation is 1. The van der Waals surface area contributed by atoms with Gasteiger partial charge in [0.1, 0.15) is 11.0 Å². The molecule has 0 radical (unpaired) electrons. The average Bonchev–Trinajstić information content (AvgIpc) is 2.67. The van der Waals surface area contributed by atoms with Crippen LogP contribution in [0.4, 0.5) is 9.80 Å². The van der Waals surface area contributed by atoms with Crippen LogP contribution in [0.3, 0.4) is 0 Å². The predicted octanol–water partition coefficient (Wildman–Crippen LogP) is 1.42. The lowest BCUT2D eigenvalue weighted by Gasteiger charge is -2.32. The lowest BCUT2D eigenvalue weighted by Crippen LogP contribution is -2.56. The quantitative estimate of drug-likeness (QED) is 0.769. The summed E-state index contributed by atoms with van der Waals surface area (Å²) < 4.78 is 0. The first-order valence-electron chi connectivity index (χ1n) is 6.51. The average molecular weight is 311 g/mol. The van der Waals surface area contributed by atoms with Crippen LogP contribution in [0.5, 0.6) is 0 Å². The molecule has 2 heterocycles. The van der Waals surface area contributed by atoms with Crippen molar-refractivity contribution in [2.45, 2.75) is 26.8 Å². The molecule has 3 amide bonds. The maximum absolute atomic E-state index is 12.3. The van der Waals surface area contributed by atoms with Crippen LogP contribution in [0, 0.1) is 13.8 Å². The topological polar surface area (TPSA) is 98.7 Å². The summed E-state index contributed by atoms with van der Waals surface area (Å²) >= 11 is 1.22. The van der Waals surface area contributed by atoms with E-state index in [-0.39, 0.29) is 11.5 Å². The summed E-state index contributed by atoms with van der Waals surface area (Å²) in [5.74, 6) is -1.29. The summed E-state index contributed by atoms with van der Waals surface area (Å²) in [6.07, 6.45) is 0. The van der Waals surface area contributed by atoms with Gasteiger partial charge in [-0.3, -0.25) is 10.1 Å². The highest BCUT2D eigenvalue weighted by atomic mass is 32.1. The summed E-state index contributed by atoms with van der Waals surface area (Å²) in [5, 5.41) is 14.9. The number of carboxylic acid groups (broad SMARTS) is 1. The Morgan fingerprint density at radius 1 is 1.43 bits per heavy atom. The van der Waals surface area contributed by atoms with Crippen LogP contribution in [0.15, 0.2) is 0 Å². The Kier molecular flexibility index (Phi) is 4.17. The van der Waals surface area contributed by atoms with Crippen molar-refractivity contribution < 1.29 is 19.5 Å². The van der Waals surface area contributed by atoms with Crippen LogP contribution >= 0.6 is 11.3 Å². The SMILES string of the molecule is Cc1sc(NC(=O)N2CCNC(=O)C2C)c(C(=O)O)c1C. The normalized spacial score (nSPS) is 18.3. The van der Waals surface area contributed by atoms with Crippen molar-refractivity contribution >= 4 is 34.2 Å². The summed E-state index contributed by atoms with van der Waals surface area (Å²) in [6.45, 7) is 5.94. The molecule has 2 rings (SSSR count). The van der Waals surface area contributed by atoms with Crippen LogP contribution in [0.2, 0.25) is 0 Å². The Hall–Kier alpha value is -2.09. The standard InChI is InChI=1S/C13H17N3O4S/c1-6-8(3)21-11(9(6)12(18)19)15-13(20)16-5-4-14-10(17)7(16)2/h7H,4-5H2,1-3H3,(H,14,17)(H,15,20)(H,18,19). The molecule has 1 saturated heterocycles. The van der Waals surface area contributed by atoms with E-state index in [2.05, 4.69) is 10.6 Å². The van der Waals surface area contributed by atoms with E-state index in [4.69, 9.17) is 0 Å². The summed E-state index contributed by atoms with van der Waals surface area (Å²) in [6, 6.07) is -1.03. The Labute approximate surface area is 125 Å². The highest BCUT2D eigenvalue weighted by molar-refractivity contribution is 7.16. The van der Waals surface area contributed by atoms with E-state index < -0.39 is 18.0 Å². The second kappa shape index (κ2) is 5.72. The molecule has 1 aliphatic rings. The number of thiophene rings is 1. The Morgan fingerprint density at radius 3 is 2.71 bits per heavy atom. The minimum Gasteiger partial charge on any atom is -0.478 e. The van der Waals surface area contributed by atoms with Crippen LogP contribution < -0.4 is 10.6 Å². The number of hydrogen-bond donors (Lipinski definition) is 3. The maximum atomic E-state index is 12.3. The van der Waals surface area contributed by atoms with Gasteiger partial charge in [-0.25, -0.2) is 9.59 Å². The molecule has 0 aliphatic carbocycles. The van der Waals surface area contributed by atoms with Gasteiger partial charge in [-0.05, 0) is 26.3 Å². The lowest BCUT2D eigenvalue weighted by atomic mass is 10.1. The zero-order valence-corrected chi connectivity index (χ0v) is 12.8. The van der Waals surface area contributed by atoms with Gasteiger partial charge in [0.15, 0.2) is 0 Å². The van der Waals surface area contributed by atoms with Gasteiger partial charge < -0.3 is 15.3 Å². The van der Waals surface area contributed by atoms with Crippen molar-refractivity contribution in [1.29, 1.82) is 0 Å². The number of carboxylic acids is 1. The molecule has 1 aromatic rings. The third kappa shape index (κ3) is 2.85. The number of urea groups is 1. The molecule has 8 heteroatoms. The maximum Gasteiger partial charge on any atom is 0.338 e.